The fourth-order valence-corrected chi connectivity index (χ4v) is 3.88. The summed E-state index contributed by atoms with van der Waals surface area (Å²) in [5, 5.41) is 24.1. The third-order valence-corrected chi connectivity index (χ3v) is 5.62. The van der Waals surface area contributed by atoms with Crippen LogP contribution in [0.3, 0.4) is 0 Å². The highest BCUT2D eigenvalue weighted by atomic mass is 32.2. The number of carbonyl (C=O) groups excluding carboxylic acids is 2. The summed E-state index contributed by atoms with van der Waals surface area (Å²) in [6, 6.07) is 4.16. The number of nitrogens with zero attached hydrogens (tertiary/aromatic N) is 5. The zero-order valence-corrected chi connectivity index (χ0v) is 17.5. The molecule has 0 bridgehead atoms. The van der Waals surface area contributed by atoms with Gasteiger partial charge in [0, 0.05) is 24.1 Å². The Morgan fingerprint density at radius 3 is 2.87 bits per heavy atom. The van der Waals surface area contributed by atoms with Crippen LogP contribution in [0.15, 0.2) is 40.0 Å². The van der Waals surface area contributed by atoms with E-state index in [9.17, 15) is 19.7 Å². The second-order valence-electron chi connectivity index (χ2n) is 5.85. The Labute approximate surface area is 178 Å². The van der Waals surface area contributed by atoms with Crippen LogP contribution in [0.4, 0.5) is 10.8 Å². The average molecular weight is 448 g/mol. The number of esters is 1. The van der Waals surface area contributed by atoms with Crippen molar-refractivity contribution in [2.24, 2.45) is 7.05 Å². The van der Waals surface area contributed by atoms with Crippen molar-refractivity contribution < 1.29 is 19.2 Å². The van der Waals surface area contributed by atoms with Crippen LogP contribution < -0.4 is 5.32 Å². The van der Waals surface area contributed by atoms with Crippen molar-refractivity contribution in [3.63, 3.8) is 0 Å². The van der Waals surface area contributed by atoms with Gasteiger partial charge in [-0.1, -0.05) is 0 Å². The van der Waals surface area contributed by atoms with E-state index >= 15 is 0 Å². The predicted octanol–water partition coefficient (Wildman–Crippen LogP) is 2.69. The topological polar surface area (TPSA) is 142 Å². The SMILES string of the molecule is CCOC(=O)Cc1csc(NC(=O)c2ccc(Sc3nncn3C)c([N+](=O)[O-])c2)n1. The average Bonchev–Trinajstić information content (AvgIpc) is 3.30. The Bertz CT molecular complexity index is 1100. The Kier molecular flexibility index (Phi) is 6.74. The van der Waals surface area contributed by atoms with Crippen LogP contribution in [0.1, 0.15) is 23.0 Å². The smallest absolute Gasteiger partial charge is 0.311 e. The molecule has 156 valence electrons. The van der Waals surface area contributed by atoms with Gasteiger partial charge in [-0.05, 0) is 30.8 Å². The van der Waals surface area contributed by atoms with Gasteiger partial charge >= 0.3 is 5.97 Å². The maximum atomic E-state index is 12.5. The Hall–Kier alpha value is -3.32. The van der Waals surface area contributed by atoms with Crippen molar-refractivity contribution in [2.75, 3.05) is 11.9 Å². The summed E-state index contributed by atoms with van der Waals surface area (Å²) in [5.41, 5.74) is 0.346. The number of nitrogens with one attached hydrogen (secondary N) is 1. The number of nitro benzene ring substituents is 1. The molecule has 1 aromatic carbocycles. The maximum Gasteiger partial charge on any atom is 0.311 e. The molecule has 1 amide bonds. The van der Waals surface area contributed by atoms with Crippen LogP contribution in [0.5, 0.6) is 0 Å². The lowest BCUT2D eigenvalue weighted by molar-refractivity contribution is -0.387. The molecule has 0 fully saturated rings. The van der Waals surface area contributed by atoms with Gasteiger partial charge in [-0.25, -0.2) is 4.98 Å². The molecule has 0 aliphatic carbocycles. The van der Waals surface area contributed by atoms with Gasteiger partial charge in [0.25, 0.3) is 11.6 Å². The number of rotatable bonds is 8. The highest BCUT2D eigenvalue weighted by Gasteiger charge is 2.20. The van der Waals surface area contributed by atoms with Crippen LogP contribution in [0.25, 0.3) is 0 Å². The van der Waals surface area contributed by atoms with Gasteiger partial charge in [-0.15, -0.1) is 21.5 Å². The predicted molar refractivity (Wildman–Crippen MR) is 109 cm³/mol. The number of hydrogen-bond acceptors (Lipinski definition) is 10. The molecule has 13 heteroatoms. The zero-order valence-electron chi connectivity index (χ0n) is 15.9. The third kappa shape index (κ3) is 5.18. The minimum Gasteiger partial charge on any atom is -0.466 e. The quantitative estimate of drug-likeness (QED) is 0.312. The van der Waals surface area contributed by atoms with Gasteiger partial charge in [0.1, 0.15) is 6.33 Å². The molecule has 0 radical (unpaired) electrons. The van der Waals surface area contributed by atoms with Gasteiger partial charge in [0.05, 0.1) is 28.5 Å². The number of benzene rings is 1. The Balaban J connectivity index is 1.74. The van der Waals surface area contributed by atoms with Crippen molar-refractivity contribution in [3.05, 3.63) is 51.3 Å². The second-order valence-corrected chi connectivity index (χ2v) is 7.71. The number of ether oxygens (including phenoxy) is 1. The lowest BCUT2D eigenvalue weighted by atomic mass is 10.2. The van der Waals surface area contributed by atoms with Crippen LogP contribution in [0, 0.1) is 10.1 Å². The molecule has 11 nitrogen and oxygen atoms in total. The van der Waals surface area contributed by atoms with Crippen LogP contribution >= 0.6 is 23.1 Å². The Morgan fingerprint density at radius 2 is 2.20 bits per heavy atom. The third-order valence-electron chi connectivity index (χ3n) is 3.69. The first-order valence-electron chi connectivity index (χ1n) is 8.59. The highest BCUT2D eigenvalue weighted by molar-refractivity contribution is 7.99. The number of nitro groups is 1. The molecule has 3 aromatic rings. The summed E-state index contributed by atoms with van der Waals surface area (Å²) in [7, 11) is 1.72. The van der Waals surface area contributed by atoms with Crippen molar-refractivity contribution in [1.82, 2.24) is 19.7 Å². The minimum atomic E-state index is -0.559. The van der Waals surface area contributed by atoms with Gasteiger partial charge in [-0.2, -0.15) is 0 Å². The number of aromatic nitrogens is 4. The first kappa shape index (κ1) is 21.4. The molecule has 0 saturated heterocycles. The molecule has 3 rings (SSSR count). The van der Waals surface area contributed by atoms with Crippen LogP contribution in [-0.4, -0.2) is 43.2 Å². The first-order valence-corrected chi connectivity index (χ1v) is 10.3. The van der Waals surface area contributed by atoms with Crippen molar-refractivity contribution in [3.8, 4) is 0 Å². The molecular weight excluding hydrogens is 432 g/mol. The van der Waals surface area contributed by atoms with E-state index < -0.39 is 16.8 Å². The van der Waals surface area contributed by atoms with Gasteiger partial charge in [-0.3, -0.25) is 25.0 Å². The lowest BCUT2D eigenvalue weighted by Crippen LogP contribution is -2.12. The van der Waals surface area contributed by atoms with E-state index in [-0.39, 0.29) is 29.4 Å². The summed E-state index contributed by atoms with van der Waals surface area (Å²) in [6.45, 7) is 1.98. The fraction of sp³-hybridized carbons (Fsp3) is 0.235. The second kappa shape index (κ2) is 9.45. The molecule has 0 atom stereocenters. The molecule has 1 N–H and O–H groups in total. The number of hydrogen-bond donors (Lipinski definition) is 1. The number of thiazole rings is 1. The van der Waals surface area contributed by atoms with E-state index in [1.165, 1.54) is 24.5 Å². The highest BCUT2D eigenvalue weighted by Crippen LogP contribution is 2.34. The summed E-state index contributed by atoms with van der Waals surface area (Å²) in [5.74, 6) is -0.961. The number of amides is 1. The Morgan fingerprint density at radius 1 is 1.40 bits per heavy atom. The normalized spacial score (nSPS) is 10.6. The first-order chi connectivity index (χ1) is 14.4. The molecule has 0 saturated carbocycles. The van der Waals surface area contributed by atoms with Crippen molar-refractivity contribution >= 4 is 45.8 Å². The van der Waals surface area contributed by atoms with E-state index in [4.69, 9.17) is 4.74 Å². The number of carbonyl (C=O) groups is 2. The molecule has 0 unspecified atom stereocenters. The van der Waals surface area contributed by atoms with Crippen LogP contribution in [0.2, 0.25) is 0 Å². The summed E-state index contributed by atoms with van der Waals surface area (Å²) < 4.78 is 6.49. The van der Waals surface area contributed by atoms with E-state index in [0.717, 1.165) is 23.1 Å². The molecular formula is C17H16N6O5S2. The van der Waals surface area contributed by atoms with Crippen molar-refractivity contribution in [2.45, 2.75) is 23.4 Å². The summed E-state index contributed by atoms with van der Waals surface area (Å²) >= 11 is 2.22. The number of aryl methyl sites for hydroxylation is 1. The van der Waals surface area contributed by atoms with Gasteiger partial charge in [0.15, 0.2) is 10.3 Å². The largest absolute Gasteiger partial charge is 0.466 e. The fourth-order valence-electron chi connectivity index (χ4n) is 2.33. The zero-order chi connectivity index (χ0) is 21.7. The van der Waals surface area contributed by atoms with Crippen LogP contribution in [-0.2, 0) is 23.0 Å². The van der Waals surface area contributed by atoms with E-state index in [0.29, 0.717) is 15.7 Å². The lowest BCUT2D eigenvalue weighted by Gasteiger charge is -2.05. The standard InChI is InChI=1S/C17H16N6O5S2/c1-3-28-14(24)7-11-8-29-16(19-11)20-15(25)10-4-5-13(12(6-10)23(26)27)30-17-21-18-9-22(17)2/h4-6,8-9H,3,7H2,1-2H3,(H,19,20,25). The van der Waals surface area contributed by atoms with E-state index in [2.05, 4.69) is 20.5 Å². The molecule has 2 heterocycles. The molecule has 2 aromatic heterocycles. The number of anilines is 1. The van der Waals surface area contributed by atoms with E-state index in [1.54, 1.807) is 23.9 Å². The van der Waals surface area contributed by atoms with Gasteiger partial charge < -0.3 is 9.30 Å². The molecule has 0 spiro atoms. The molecule has 0 aliphatic rings. The van der Waals surface area contributed by atoms with E-state index in [1.807, 2.05) is 0 Å². The van der Waals surface area contributed by atoms with Gasteiger partial charge in [0.2, 0.25) is 0 Å². The molecule has 30 heavy (non-hydrogen) atoms. The summed E-state index contributed by atoms with van der Waals surface area (Å²) in [4.78, 5) is 39.5. The molecule has 0 aliphatic heterocycles. The van der Waals surface area contributed by atoms with Crippen molar-refractivity contribution in [1.29, 1.82) is 0 Å². The maximum absolute atomic E-state index is 12.5. The monoisotopic (exact) mass is 448 g/mol. The summed E-state index contributed by atoms with van der Waals surface area (Å²) in [6.07, 6.45) is 1.49. The minimum absolute atomic E-state index is 0.000348.